The highest BCUT2D eigenvalue weighted by Crippen LogP contribution is 2.32. The van der Waals surface area contributed by atoms with E-state index < -0.39 is 17.7 Å². The average Bonchev–Trinajstić information content (AvgIpc) is 2.68. The fraction of sp³-hybridized carbons (Fsp3) is 0.286. The SMILES string of the molecule is O=C(Nc1ccc(C(=O)O)cc1)C(=O)c1ccc(C2CCCCC2)cc1. The maximum atomic E-state index is 12.3. The summed E-state index contributed by atoms with van der Waals surface area (Å²) in [6, 6.07) is 13.0. The molecule has 0 heterocycles. The maximum Gasteiger partial charge on any atom is 0.335 e. The number of ketones is 1. The Labute approximate surface area is 152 Å². The van der Waals surface area contributed by atoms with Crippen LogP contribution in [0, 0.1) is 0 Å². The van der Waals surface area contributed by atoms with Crippen LogP contribution in [-0.2, 0) is 4.79 Å². The largest absolute Gasteiger partial charge is 0.478 e. The van der Waals surface area contributed by atoms with Crippen molar-refractivity contribution < 1.29 is 19.5 Å². The summed E-state index contributed by atoms with van der Waals surface area (Å²) in [4.78, 5) is 35.3. The van der Waals surface area contributed by atoms with Gasteiger partial charge in [-0.2, -0.15) is 0 Å². The standard InChI is InChI=1S/C21H21NO4/c23-19(20(24)22-18-12-10-17(11-13-18)21(25)26)16-8-6-15(7-9-16)14-4-2-1-3-5-14/h6-14H,1-5H2,(H,22,24)(H,25,26). The number of carbonyl (C=O) groups excluding carboxylic acids is 2. The van der Waals surface area contributed by atoms with Crippen LogP contribution in [-0.4, -0.2) is 22.8 Å². The van der Waals surface area contributed by atoms with Crippen LogP contribution in [0.15, 0.2) is 48.5 Å². The van der Waals surface area contributed by atoms with Gasteiger partial charge in [-0.3, -0.25) is 9.59 Å². The Morgan fingerprint density at radius 2 is 1.38 bits per heavy atom. The number of carboxylic acid groups (broad SMARTS) is 1. The van der Waals surface area contributed by atoms with Crippen LogP contribution in [0.3, 0.4) is 0 Å². The third-order valence-electron chi connectivity index (χ3n) is 4.85. The van der Waals surface area contributed by atoms with Crippen molar-refractivity contribution in [1.29, 1.82) is 0 Å². The van der Waals surface area contributed by atoms with Crippen molar-refractivity contribution in [3.63, 3.8) is 0 Å². The molecule has 0 saturated heterocycles. The quantitative estimate of drug-likeness (QED) is 0.623. The van der Waals surface area contributed by atoms with Crippen molar-refractivity contribution in [2.45, 2.75) is 38.0 Å². The molecule has 2 N–H and O–H groups in total. The molecule has 5 heteroatoms. The average molecular weight is 351 g/mol. The minimum absolute atomic E-state index is 0.118. The highest BCUT2D eigenvalue weighted by molar-refractivity contribution is 6.46. The molecule has 0 bridgehead atoms. The van der Waals surface area contributed by atoms with Crippen molar-refractivity contribution in [3.8, 4) is 0 Å². The van der Waals surface area contributed by atoms with E-state index in [0.717, 1.165) is 0 Å². The van der Waals surface area contributed by atoms with Gasteiger partial charge in [0.2, 0.25) is 0 Å². The fourth-order valence-electron chi connectivity index (χ4n) is 3.36. The molecule has 1 fully saturated rings. The van der Waals surface area contributed by atoms with Gasteiger partial charge in [0.1, 0.15) is 0 Å². The number of Topliss-reactive ketones (excluding diaryl/α,β-unsaturated/α-hetero) is 1. The van der Waals surface area contributed by atoms with E-state index in [1.807, 2.05) is 12.1 Å². The highest BCUT2D eigenvalue weighted by atomic mass is 16.4. The van der Waals surface area contributed by atoms with Gasteiger partial charge in [0.15, 0.2) is 0 Å². The van der Waals surface area contributed by atoms with E-state index in [-0.39, 0.29) is 5.56 Å². The van der Waals surface area contributed by atoms with Crippen LogP contribution >= 0.6 is 0 Å². The van der Waals surface area contributed by atoms with Gasteiger partial charge in [-0.1, -0.05) is 43.5 Å². The lowest BCUT2D eigenvalue weighted by Crippen LogP contribution is -2.23. The zero-order valence-electron chi connectivity index (χ0n) is 14.4. The van der Waals surface area contributed by atoms with Crippen molar-refractivity contribution in [3.05, 3.63) is 65.2 Å². The molecular formula is C21H21NO4. The first-order chi connectivity index (χ1) is 12.5. The van der Waals surface area contributed by atoms with E-state index in [9.17, 15) is 14.4 Å². The monoisotopic (exact) mass is 351 g/mol. The minimum Gasteiger partial charge on any atom is -0.478 e. The van der Waals surface area contributed by atoms with Crippen molar-refractivity contribution >= 4 is 23.3 Å². The lowest BCUT2D eigenvalue weighted by Gasteiger charge is -2.21. The molecule has 134 valence electrons. The molecule has 0 aromatic heterocycles. The Balaban J connectivity index is 1.64. The number of carbonyl (C=O) groups is 3. The second-order valence-electron chi connectivity index (χ2n) is 6.62. The zero-order valence-corrected chi connectivity index (χ0v) is 14.4. The first-order valence-corrected chi connectivity index (χ1v) is 8.83. The summed E-state index contributed by atoms with van der Waals surface area (Å²) in [7, 11) is 0. The number of anilines is 1. The topological polar surface area (TPSA) is 83.5 Å². The van der Waals surface area contributed by atoms with Crippen molar-refractivity contribution in [1.82, 2.24) is 0 Å². The number of nitrogens with one attached hydrogen (secondary N) is 1. The molecule has 1 aliphatic rings. The van der Waals surface area contributed by atoms with Crippen LogP contribution in [0.1, 0.15) is 64.3 Å². The predicted octanol–water partition coefficient (Wildman–Crippen LogP) is 4.25. The summed E-state index contributed by atoms with van der Waals surface area (Å²) in [6.45, 7) is 0. The van der Waals surface area contributed by atoms with E-state index in [1.54, 1.807) is 12.1 Å². The van der Waals surface area contributed by atoms with Gasteiger partial charge in [-0.25, -0.2) is 4.79 Å². The number of amides is 1. The molecule has 0 spiro atoms. The summed E-state index contributed by atoms with van der Waals surface area (Å²) in [5.74, 6) is -1.84. The summed E-state index contributed by atoms with van der Waals surface area (Å²) in [5, 5.41) is 11.4. The summed E-state index contributed by atoms with van der Waals surface area (Å²) in [5.41, 5.74) is 2.08. The van der Waals surface area contributed by atoms with Gasteiger partial charge in [0, 0.05) is 11.3 Å². The molecule has 0 unspecified atom stereocenters. The Bertz CT molecular complexity index is 803. The molecule has 1 saturated carbocycles. The van der Waals surface area contributed by atoms with Crippen LogP contribution in [0.25, 0.3) is 0 Å². The molecular weight excluding hydrogens is 330 g/mol. The molecule has 1 amide bonds. The van der Waals surface area contributed by atoms with Crippen molar-refractivity contribution in [2.24, 2.45) is 0 Å². The number of aromatic carboxylic acids is 1. The Morgan fingerprint density at radius 3 is 1.96 bits per heavy atom. The van der Waals surface area contributed by atoms with Crippen LogP contribution in [0.5, 0.6) is 0 Å². The number of benzene rings is 2. The highest BCUT2D eigenvalue weighted by Gasteiger charge is 2.19. The second kappa shape index (κ2) is 7.95. The van der Waals surface area contributed by atoms with Gasteiger partial charge < -0.3 is 10.4 Å². The van der Waals surface area contributed by atoms with E-state index >= 15 is 0 Å². The molecule has 2 aromatic rings. The van der Waals surface area contributed by atoms with E-state index in [4.69, 9.17) is 5.11 Å². The Morgan fingerprint density at radius 1 is 0.808 bits per heavy atom. The Kier molecular flexibility index (Phi) is 5.46. The zero-order chi connectivity index (χ0) is 18.5. The van der Waals surface area contributed by atoms with Gasteiger partial charge in [-0.15, -0.1) is 0 Å². The molecule has 0 atom stereocenters. The number of carboxylic acids is 1. The fourth-order valence-corrected chi connectivity index (χ4v) is 3.36. The summed E-state index contributed by atoms with van der Waals surface area (Å²) in [6.07, 6.45) is 6.14. The molecule has 5 nitrogen and oxygen atoms in total. The van der Waals surface area contributed by atoms with Gasteiger partial charge in [0.05, 0.1) is 5.56 Å². The van der Waals surface area contributed by atoms with Crippen molar-refractivity contribution in [2.75, 3.05) is 5.32 Å². The number of rotatable bonds is 5. The van der Waals surface area contributed by atoms with Gasteiger partial charge in [-0.05, 0) is 48.6 Å². The molecule has 0 radical (unpaired) electrons. The molecule has 2 aromatic carbocycles. The summed E-state index contributed by atoms with van der Waals surface area (Å²) < 4.78 is 0. The predicted molar refractivity (Wildman–Crippen MR) is 98.6 cm³/mol. The lowest BCUT2D eigenvalue weighted by atomic mass is 9.84. The minimum atomic E-state index is -1.04. The molecule has 26 heavy (non-hydrogen) atoms. The third kappa shape index (κ3) is 4.17. The van der Waals surface area contributed by atoms with E-state index in [1.165, 1.54) is 61.9 Å². The normalized spacial score (nSPS) is 14.6. The molecule has 3 rings (SSSR count). The molecule has 1 aliphatic carbocycles. The third-order valence-corrected chi connectivity index (χ3v) is 4.85. The Hall–Kier alpha value is -2.95. The first-order valence-electron chi connectivity index (χ1n) is 8.83. The number of hydrogen-bond acceptors (Lipinski definition) is 3. The number of hydrogen-bond donors (Lipinski definition) is 2. The maximum absolute atomic E-state index is 12.3. The smallest absolute Gasteiger partial charge is 0.335 e. The first kappa shape index (κ1) is 17.9. The van der Waals surface area contributed by atoms with Crippen LogP contribution in [0.2, 0.25) is 0 Å². The lowest BCUT2D eigenvalue weighted by molar-refractivity contribution is -0.112. The molecule has 0 aliphatic heterocycles. The summed E-state index contributed by atoms with van der Waals surface area (Å²) >= 11 is 0. The van der Waals surface area contributed by atoms with Gasteiger partial charge >= 0.3 is 5.97 Å². The van der Waals surface area contributed by atoms with E-state index in [2.05, 4.69) is 5.32 Å². The van der Waals surface area contributed by atoms with Gasteiger partial charge in [0.25, 0.3) is 11.7 Å². The van der Waals surface area contributed by atoms with Crippen LogP contribution < -0.4 is 5.32 Å². The van der Waals surface area contributed by atoms with Crippen LogP contribution in [0.4, 0.5) is 5.69 Å². The second-order valence-corrected chi connectivity index (χ2v) is 6.62. The van der Waals surface area contributed by atoms with E-state index in [0.29, 0.717) is 17.2 Å².